The number of thiol groups is 1. The van der Waals surface area contributed by atoms with Crippen LogP contribution in [0.1, 0.15) is 71.7 Å². The topological polar surface area (TPSA) is 165 Å². The van der Waals surface area contributed by atoms with E-state index in [1.807, 2.05) is 33.8 Å². The Morgan fingerprint density at radius 2 is 1.50 bits per heavy atom. The maximum Gasteiger partial charge on any atom is 0.303 e. The molecule has 2 amide bonds. The third-order valence-corrected chi connectivity index (χ3v) is 9.06. The van der Waals surface area contributed by atoms with Crippen molar-refractivity contribution in [2.45, 2.75) is 78.7 Å². The molecule has 4 heterocycles. The highest BCUT2D eigenvalue weighted by molar-refractivity contribution is 7.80. The van der Waals surface area contributed by atoms with Crippen LogP contribution in [-0.4, -0.2) is 61.4 Å². The summed E-state index contributed by atoms with van der Waals surface area (Å²) in [6, 6.07) is -0.195. The Morgan fingerprint density at radius 1 is 0.932 bits per heavy atom. The number of aliphatic imine (C=N–C) groups is 1. The van der Waals surface area contributed by atoms with Crippen molar-refractivity contribution in [1.29, 1.82) is 0 Å². The van der Waals surface area contributed by atoms with Gasteiger partial charge in [-0.15, -0.1) is 0 Å². The largest absolute Gasteiger partial charge is 0.481 e. The van der Waals surface area contributed by atoms with Crippen LogP contribution in [0.4, 0.5) is 0 Å². The second-order valence-electron chi connectivity index (χ2n) is 11.5. The predicted octanol–water partition coefficient (Wildman–Crippen LogP) is 4.14. The molecule has 0 bridgehead atoms. The van der Waals surface area contributed by atoms with Gasteiger partial charge in [0.1, 0.15) is 0 Å². The van der Waals surface area contributed by atoms with Gasteiger partial charge in [-0.3, -0.25) is 19.2 Å². The van der Waals surface area contributed by atoms with Gasteiger partial charge in [0.15, 0.2) is 0 Å². The molecule has 2 aliphatic rings. The predicted molar refractivity (Wildman–Crippen MR) is 172 cm³/mol. The van der Waals surface area contributed by atoms with Gasteiger partial charge in [-0.25, -0.2) is 4.99 Å². The number of nitrogens with zero attached hydrogens (tertiary/aromatic N) is 1. The first-order valence-electron chi connectivity index (χ1n) is 14.7. The zero-order valence-electron chi connectivity index (χ0n) is 25.6. The van der Waals surface area contributed by atoms with Crippen molar-refractivity contribution in [3.05, 3.63) is 80.5 Å². The van der Waals surface area contributed by atoms with Gasteiger partial charge in [-0.1, -0.05) is 18.7 Å². The number of carbonyl (C=O) groups excluding carboxylic acids is 2. The molecule has 44 heavy (non-hydrogen) atoms. The Morgan fingerprint density at radius 3 is 2.02 bits per heavy atom. The van der Waals surface area contributed by atoms with E-state index in [0.717, 1.165) is 56.2 Å². The van der Waals surface area contributed by atoms with Crippen LogP contribution in [0, 0.1) is 19.8 Å². The zero-order chi connectivity index (χ0) is 32.3. The molecule has 10 nitrogen and oxygen atoms in total. The lowest BCUT2D eigenvalue weighted by atomic mass is 9.94. The molecule has 1 fully saturated rings. The van der Waals surface area contributed by atoms with E-state index in [4.69, 9.17) is 0 Å². The maximum atomic E-state index is 12.5. The summed E-state index contributed by atoms with van der Waals surface area (Å²) in [5.74, 6) is -1.89. The van der Waals surface area contributed by atoms with Crippen molar-refractivity contribution in [3.63, 3.8) is 0 Å². The van der Waals surface area contributed by atoms with Crippen LogP contribution in [0.15, 0.2) is 40.4 Å². The molecule has 234 valence electrons. The average Bonchev–Trinajstić information content (AvgIpc) is 3.60. The summed E-state index contributed by atoms with van der Waals surface area (Å²) >= 11 is 4.33. The number of aromatic amines is 2. The van der Waals surface area contributed by atoms with E-state index in [9.17, 15) is 29.4 Å². The smallest absolute Gasteiger partial charge is 0.303 e. The van der Waals surface area contributed by atoms with E-state index < -0.39 is 11.9 Å². The SMILES string of the molecule is C=CC1=C(C)C(Cc2[nH]c(Cc3[nH]c(CC4NC(=O)[C@@H](C)/C4=C\CS)c(C)c3CCC(=O)O)c(CCC(=O)O)c2C)=NC1=O. The fraction of sp³-hybridized carbons (Fsp3) is 0.424. The highest BCUT2D eigenvalue weighted by Gasteiger charge is 2.34. The molecule has 0 aliphatic carbocycles. The van der Waals surface area contributed by atoms with Crippen molar-refractivity contribution in [3.8, 4) is 0 Å². The Bertz CT molecular complexity index is 1620. The van der Waals surface area contributed by atoms with Crippen LogP contribution in [0.5, 0.6) is 0 Å². The van der Waals surface area contributed by atoms with Gasteiger partial charge in [0.25, 0.3) is 5.91 Å². The molecule has 2 aliphatic heterocycles. The minimum atomic E-state index is -0.906. The minimum absolute atomic E-state index is 0.0325. The number of nitrogens with one attached hydrogen (secondary N) is 3. The number of hydrogen-bond donors (Lipinski definition) is 6. The molecule has 0 spiro atoms. The monoisotopic (exact) mass is 620 g/mol. The Kier molecular flexibility index (Phi) is 10.2. The summed E-state index contributed by atoms with van der Waals surface area (Å²) in [4.78, 5) is 59.2. The van der Waals surface area contributed by atoms with Gasteiger partial charge in [-0.2, -0.15) is 12.6 Å². The summed E-state index contributed by atoms with van der Waals surface area (Å²) < 4.78 is 0. The summed E-state index contributed by atoms with van der Waals surface area (Å²) in [6.07, 6.45) is 5.32. The van der Waals surface area contributed by atoms with Crippen LogP contribution < -0.4 is 5.32 Å². The van der Waals surface area contributed by atoms with Crippen LogP contribution in [-0.2, 0) is 51.3 Å². The number of hydrogen-bond acceptors (Lipinski definition) is 5. The van der Waals surface area contributed by atoms with Gasteiger partial charge in [0, 0.05) is 66.2 Å². The molecule has 0 radical (unpaired) electrons. The Labute approximate surface area is 262 Å². The number of H-pyrrole nitrogens is 2. The minimum Gasteiger partial charge on any atom is -0.481 e. The van der Waals surface area contributed by atoms with Gasteiger partial charge >= 0.3 is 11.9 Å². The molecule has 2 aromatic heterocycles. The lowest BCUT2D eigenvalue weighted by Gasteiger charge is -2.13. The number of carboxylic acid groups (broad SMARTS) is 2. The number of carboxylic acids is 2. The first-order valence-corrected chi connectivity index (χ1v) is 15.4. The normalized spacial score (nSPS) is 19.2. The van der Waals surface area contributed by atoms with Crippen LogP contribution >= 0.6 is 12.6 Å². The van der Waals surface area contributed by atoms with Gasteiger partial charge in [0.2, 0.25) is 5.91 Å². The molecule has 0 saturated carbocycles. The zero-order valence-corrected chi connectivity index (χ0v) is 26.5. The first-order chi connectivity index (χ1) is 20.9. The van der Waals surface area contributed by atoms with E-state index in [1.165, 1.54) is 6.08 Å². The number of aromatic nitrogens is 2. The number of aliphatic carboxylic acids is 2. The Hall–Kier alpha value is -4.12. The third kappa shape index (κ3) is 6.83. The quantitative estimate of drug-likeness (QED) is 0.137. The number of amides is 2. The van der Waals surface area contributed by atoms with Crippen molar-refractivity contribution >= 4 is 42.1 Å². The highest BCUT2D eigenvalue weighted by atomic mass is 32.1. The van der Waals surface area contributed by atoms with Crippen LogP contribution in [0.3, 0.4) is 0 Å². The summed E-state index contributed by atoms with van der Waals surface area (Å²) in [5, 5.41) is 22.0. The molecule has 1 unspecified atom stereocenters. The van der Waals surface area contributed by atoms with Gasteiger partial charge < -0.3 is 25.5 Å². The van der Waals surface area contributed by atoms with E-state index in [0.29, 0.717) is 49.1 Å². The molecule has 0 aromatic carbocycles. The second kappa shape index (κ2) is 13.7. The second-order valence-corrected chi connectivity index (χ2v) is 11.9. The summed E-state index contributed by atoms with van der Waals surface area (Å²) in [6.45, 7) is 11.3. The highest BCUT2D eigenvalue weighted by Crippen LogP contribution is 2.31. The summed E-state index contributed by atoms with van der Waals surface area (Å²) in [5.41, 5.74) is 9.96. The van der Waals surface area contributed by atoms with E-state index in [1.54, 1.807) is 0 Å². The first kappa shape index (κ1) is 32.8. The number of allylic oxidation sites excluding steroid dienone is 1. The fourth-order valence-corrected chi connectivity index (χ4v) is 6.52. The van der Waals surface area contributed by atoms with Crippen molar-refractivity contribution in [1.82, 2.24) is 15.3 Å². The van der Waals surface area contributed by atoms with Gasteiger partial charge in [-0.05, 0) is 73.9 Å². The molecule has 2 aromatic rings. The van der Waals surface area contributed by atoms with Crippen molar-refractivity contribution in [2.75, 3.05) is 5.75 Å². The van der Waals surface area contributed by atoms with E-state index >= 15 is 0 Å². The molecule has 5 N–H and O–H groups in total. The number of rotatable bonds is 14. The van der Waals surface area contributed by atoms with Crippen LogP contribution in [0.2, 0.25) is 0 Å². The van der Waals surface area contributed by atoms with E-state index in [2.05, 4.69) is 39.5 Å². The third-order valence-electron chi connectivity index (χ3n) is 8.87. The fourth-order valence-electron chi connectivity index (χ4n) is 6.31. The molecular weight excluding hydrogens is 580 g/mol. The van der Waals surface area contributed by atoms with Crippen molar-refractivity contribution in [2.24, 2.45) is 10.9 Å². The molecule has 11 heteroatoms. The molecular formula is C33H40N4O6S. The van der Waals surface area contributed by atoms with Crippen molar-refractivity contribution < 1.29 is 29.4 Å². The molecule has 1 saturated heterocycles. The Balaban J connectivity index is 1.72. The average molecular weight is 621 g/mol. The lowest BCUT2D eigenvalue weighted by molar-refractivity contribution is -0.138. The molecule has 4 rings (SSSR count). The van der Waals surface area contributed by atoms with Gasteiger partial charge in [0.05, 0.1) is 17.7 Å². The summed E-state index contributed by atoms with van der Waals surface area (Å²) in [7, 11) is 0. The van der Waals surface area contributed by atoms with Crippen LogP contribution in [0.25, 0.3) is 0 Å². The number of carbonyl (C=O) groups is 4. The standard InChI is InChI=1S/C33H40N4O6S/c1-6-20-16(2)26(36-33(20)43)13-24-17(3)21(7-9-30(38)39)27(34-24)15-28-22(8-10-31(40)41)18(4)25(35-28)14-29-23(11-12-44)19(5)32(42)37-29/h6,11,19,29,34-35,44H,1,7-10,12-15H2,2-5H3,(H,37,42)(H,38,39)(H,40,41)/b23-11+/t19-,29?/m0/s1. The lowest BCUT2D eigenvalue weighted by Crippen LogP contribution is -2.28. The van der Waals surface area contributed by atoms with E-state index in [-0.39, 0.29) is 36.6 Å². The molecule has 2 atom stereocenters. The maximum absolute atomic E-state index is 12.5.